The number of rotatable bonds is 3. The first-order chi connectivity index (χ1) is 14.2. The fourth-order valence-corrected chi connectivity index (χ4v) is 4.77. The van der Waals surface area contributed by atoms with Crippen molar-refractivity contribution >= 4 is 44.7 Å². The monoisotopic (exact) mass is 451 g/mol. The van der Waals surface area contributed by atoms with E-state index in [2.05, 4.69) is 4.40 Å². The van der Waals surface area contributed by atoms with Gasteiger partial charge in [-0.2, -0.15) is 0 Å². The summed E-state index contributed by atoms with van der Waals surface area (Å²) in [6, 6.07) is 4.51. The van der Waals surface area contributed by atoms with Gasteiger partial charge in [-0.15, -0.1) is 4.40 Å². The van der Waals surface area contributed by atoms with Gasteiger partial charge >= 0.3 is 0 Å². The lowest BCUT2D eigenvalue weighted by Gasteiger charge is -2.37. The van der Waals surface area contributed by atoms with Crippen LogP contribution in [0, 0.1) is 10.1 Å². The Hall–Kier alpha value is -2.92. The van der Waals surface area contributed by atoms with Gasteiger partial charge in [0.2, 0.25) is 0 Å². The summed E-state index contributed by atoms with van der Waals surface area (Å²) in [6.45, 7) is 1.70. The van der Waals surface area contributed by atoms with E-state index in [0.29, 0.717) is 31.9 Å². The highest BCUT2D eigenvalue weighted by Gasteiger charge is 2.33. The molecule has 1 saturated heterocycles. The fraction of sp³-hybridized carbons (Fsp3) is 0.333. The Balaban J connectivity index is 1.51. The summed E-state index contributed by atoms with van der Waals surface area (Å²) in [4.78, 5) is 29.0. The number of carbonyl (C=O) groups excluding carboxylic acids is 1. The molecule has 0 atom stereocenters. The van der Waals surface area contributed by atoms with Gasteiger partial charge in [-0.05, 0) is 24.3 Å². The zero-order valence-electron chi connectivity index (χ0n) is 15.8. The summed E-state index contributed by atoms with van der Waals surface area (Å²) < 4.78 is 27.6. The van der Waals surface area contributed by atoms with Gasteiger partial charge in [0.05, 0.1) is 16.2 Å². The van der Waals surface area contributed by atoms with E-state index in [-0.39, 0.29) is 40.3 Å². The Labute approximate surface area is 177 Å². The normalized spacial score (nSPS) is 20.4. The first kappa shape index (κ1) is 20.4. The molecule has 0 radical (unpaired) electrons. The summed E-state index contributed by atoms with van der Waals surface area (Å²) >= 11 is 5.88. The average molecular weight is 452 g/mol. The Morgan fingerprint density at radius 1 is 1.17 bits per heavy atom. The molecule has 0 spiro atoms. The highest BCUT2D eigenvalue weighted by molar-refractivity contribution is 7.90. The van der Waals surface area contributed by atoms with Crippen molar-refractivity contribution in [3.8, 4) is 0 Å². The molecular formula is C18H18ClN5O5S. The molecule has 0 aromatic heterocycles. The number of nitro groups is 1. The largest absolute Gasteiger partial charge is 0.362 e. The van der Waals surface area contributed by atoms with E-state index in [1.165, 1.54) is 6.07 Å². The Kier molecular flexibility index (Phi) is 5.24. The van der Waals surface area contributed by atoms with Crippen LogP contribution in [-0.4, -0.2) is 73.4 Å². The predicted octanol–water partition coefficient (Wildman–Crippen LogP) is 1.39. The number of hydrogen-bond donors (Lipinski definition) is 0. The molecule has 0 bridgehead atoms. The van der Waals surface area contributed by atoms with Gasteiger partial charge in [-0.3, -0.25) is 14.9 Å². The van der Waals surface area contributed by atoms with Crippen LogP contribution < -0.4 is 4.90 Å². The van der Waals surface area contributed by atoms with E-state index in [1.807, 2.05) is 4.90 Å². The molecular weight excluding hydrogens is 434 g/mol. The first-order valence-electron chi connectivity index (χ1n) is 9.21. The van der Waals surface area contributed by atoms with Gasteiger partial charge in [0.25, 0.3) is 21.6 Å². The number of hydrogen-bond acceptors (Lipinski definition) is 7. The van der Waals surface area contributed by atoms with E-state index in [4.69, 9.17) is 11.6 Å². The van der Waals surface area contributed by atoms with Crippen molar-refractivity contribution < 1.29 is 18.1 Å². The lowest BCUT2D eigenvalue weighted by molar-refractivity contribution is -0.384. The van der Waals surface area contributed by atoms with Crippen molar-refractivity contribution in [1.29, 1.82) is 0 Å². The van der Waals surface area contributed by atoms with E-state index < -0.39 is 14.9 Å². The number of allylic oxidation sites excluding steroid dienone is 2. The summed E-state index contributed by atoms with van der Waals surface area (Å²) in [7, 11) is -3.59. The summed E-state index contributed by atoms with van der Waals surface area (Å²) in [6.07, 6.45) is 4.95. The molecule has 3 heterocycles. The van der Waals surface area contributed by atoms with Gasteiger partial charge in [0.15, 0.2) is 5.84 Å². The summed E-state index contributed by atoms with van der Waals surface area (Å²) in [5, 5.41) is 11.6. The van der Waals surface area contributed by atoms with Crippen LogP contribution in [0.5, 0.6) is 0 Å². The number of carbonyl (C=O) groups is 1. The quantitative estimate of drug-likeness (QED) is 0.503. The lowest BCUT2D eigenvalue weighted by Crippen LogP contribution is -2.51. The number of anilines is 1. The van der Waals surface area contributed by atoms with Crippen molar-refractivity contribution in [3.05, 3.63) is 57.3 Å². The van der Waals surface area contributed by atoms with Gasteiger partial charge in [0.1, 0.15) is 5.69 Å². The molecule has 1 aromatic carbocycles. The van der Waals surface area contributed by atoms with Crippen LogP contribution in [0.15, 0.2) is 46.5 Å². The molecule has 10 nitrogen and oxygen atoms in total. The molecule has 0 N–H and O–H groups in total. The van der Waals surface area contributed by atoms with Crippen LogP contribution in [0.4, 0.5) is 11.4 Å². The number of nitrogens with zero attached hydrogens (tertiary/aromatic N) is 5. The number of nitro benzene ring substituents is 1. The van der Waals surface area contributed by atoms with Crippen molar-refractivity contribution in [2.75, 3.05) is 43.4 Å². The molecule has 12 heteroatoms. The van der Waals surface area contributed by atoms with Crippen LogP contribution >= 0.6 is 11.6 Å². The summed E-state index contributed by atoms with van der Waals surface area (Å²) in [5.74, 6) is -0.268. The molecule has 0 saturated carbocycles. The SMILES string of the molecule is O=C(C1=CC=CN2CCS(=O)(=O)N=C12)N1CCN(c2ccc(Cl)cc2[N+](=O)[O-])CC1. The van der Waals surface area contributed by atoms with E-state index >= 15 is 0 Å². The standard InChI is InChI=1S/C18H18ClN5O5S/c19-13-3-4-15(16(12-13)24(26)27)21-6-8-23(9-7-21)18(25)14-2-1-5-22-10-11-30(28,29)20-17(14)22/h1-5,12H,6-11H2. The molecule has 1 amide bonds. The van der Waals surface area contributed by atoms with Crippen molar-refractivity contribution in [2.45, 2.75) is 0 Å². The number of benzene rings is 1. The van der Waals surface area contributed by atoms with E-state index in [0.717, 1.165) is 0 Å². The second-order valence-corrected chi connectivity index (χ2v) is 9.18. The molecule has 3 aliphatic heterocycles. The average Bonchev–Trinajstić information content (AvgIpc) is 2.72. The maximum Gasteiger partial charge on any atom is 0.294 e. The molecule has 30 heavy (non-hydrogen) atoms. The highest BCUT2D eigenvalue weighted by Crippen LogP contribution is 2.32. The van der Waals surface area contributed by atoms with Crippen LogP contribution in [0.1, 0.15) is 0 Å². The lowest BCUT2D eigenvalue weighted by atomic mass is 10.1. The highest BCUT2D eigenvalue weighted by atomic mass is 35.5. The third kappa shape index (κ3) is 3.90. The zero-order chi connectivity index (χ0) is 21.5. The molecule has 0 aliphatic carbocycles. The Bertz CT molecular complexity index is 1110. The minimum atomic E-state index is -3.59. The zero-order valence-corrected chi connectivity index (χ0v) is 17.3. The number of piperazine rings is 1. The minimum absolute atomic E-state index is 0.0835. The number of sulfonamides is 1. The number of amides is 1. The van der Waals surface area contributed by atoms with Gasteiger partial charge in [-0.25, -0.2) is 8.42 Å². The maximum absolute atomic E-state index is 13.1. The molecule has 1 fully saturated rings. The second-order valence-electron chi connectivity index (χ2n) is 6.99. The molecule has 3 aliphatic rings. The smallest absolute Gasteiger partial charge is 0.294 e. The number of amidine groups is 1. The van der Waals surface area contributed by atoms with Crippen LogP contribution in [0.2, 0.25) is 5.02 Å². The number of fused-ring (bicyclic) bond motifs is 1. The van der Waals surface area contributed by atoms with Gasteiger partial charge in [-0.1, -0.05) is 11.6 Å². The molecule has 0 unspecified atom stereocenters. The third-order valence-corrected chi connectivity index (χ3v) is 6.51. The van der Waals surface area contributed by atoms with E-state index in [1.54, 1.807) is 40.3 Å². The number of halogens is 1. The first-order valence-corrected chi connectivity index (χ1v) is 11.2. The maximum atomic E-state index is 13.1. The Morgan fingerprint density at radius 3 is 2.60 bits per heavy atom. The molecule has 1 aromatic rings. The van der Waals surface area contributed by atoms with Crippen LogP contribution in [0.3, 0.4) is 0 Å². The molecule has 4 rings (SSSR count). The molecule has 158 valence electrons. The van der Waals surface area contributed by atoms with Gasteiger partial charge < -0.3 is 14.7 Å². The van der Waals surface area contributed by atoms with Crippen molar-refractivity contribution in [3.63, 3.8) is 0 Å². The topological polar surface area (TPSA) is 116 Å². The predicted molar refractivity (Wildman–Crippen MR) is 112 cm³/mol. The van der Waals surface area contributed by atoms with E-state index in [9.17, 15) is 23.3 Å². The van der Waals surface area contributed by atoms with Crippen LogP contribution in [-0.2, 0) is 14.8 Å². The fourth-order valence-electron chi connectivity index (χ4n) is 3.61. The summed E-state index contributed by atoms with van der Waals surface area (Å²) in [5.41, 5.74) is 0.594. The minimum Gasteiger partial charge on any atom is -0.362 e. The second kappa shape index (κ2) is 7.73. The van der Waals surface area contributed by atoms with Gasteiger partial charge in [0, 0.05) is 50.0 Å². The third-order valence-electron chi connectivity index (χ3n) is 5.13. The van der Waals surface area contributed by atoms with Crippen molar-refractivity contribution in [2.24, 2.45) is 4.40 Å². The van der Waals surface area contributed by atoms with Crippen LogP contribution in [0.25, 0.3) is 0 Å². The Morgan fingerprint density at radius 2 is 1.90 bits per heavy atom. The van der Waals surface area contributed by atoms with Crippen molar-refractivity contribution in [1.82, 2.24) is 9.80 Å².